The Morgan fingerprint density at radius 2 is 1.93 bits per heavy atom. The topological polar surface area (TPSA) is 78.5 Å². The molecule has 2 aromatic carbocycles. The van der Waals surface area contributed by atoms with Gasteiger partial charge in [-0.2, -0.15) is 0 Å². The third-order valence-corrected chi connectivity index (χ3v) is 8.30. The number of carbonyl (C=O) groups is 1. The average Bonchev–Trinajstić information content (AvgIpc) is 3.43. The number of hydrogen-bond acceptors (Lipinski definition) is 5. The molecule has 0 bridgehead atoms. The molecule has 158 valence electrons. The lowest BCUT2D eigenvalue weighted by atomic mass is 10.0. The van der Waals surface area contributed by atoms with Crippen LogP contribution in [-0.2, 0) is 10.0 Å². The molecular weight excluding hydrogens is 418 g/mol. The van der Waals surface area contributed by atoms with Crippen molar-refractivity contribution in [2.75, 3.05) is 24.4 Å². The van der Waals surface area contributed by atoms with Crippen molar-refractivity contribution in [3.63, 3.8) is 0 Å². The van der Waals surface area contributed by atoms with Crippen molar-refractivity contribution in [1.82, 2.24) is 10.2 Å². The Morgan fingerprint density at radius 1 is 1.17 bits per heavy atom. The van der Waals surface area contributed by atoms with Gasteiger partial charge in [-0.3, -0.25) is 14.4 Å². The summed E-state index contributed by atoms with van der Waals surface area (Å²) in [6.07, 6.45) is 2.19. The van der Waals surface area contributed by atoms with Crippen LogP contribution in [0.4, 0.5) is 5.69 Å². The maximum absolute atomic E-state index is 13.1. The molecule has 0 saturated carbocycles. The molecule has 1 fully saturated rings. The number of likely N-dealkylation sites (N-methyl/N-ethyl adjacent to an activating group) is 1. The Balaban J connectivity index is 1.63. The zero-order valence-electron chi connectivity index (χ0n) is 16.8. The van der Waals surface area contributed by atoms with Crippen LogP contribution in [0.15, 0.2) is 58.1 Å². The molecule has 0 radical (unpaired) electrons. The Bertz CT molecular complexity index is 1140. The first-order valence-corrected chi connectivity index (χ1v) is 12.5. The average molecular weight is 444 g/mol. The molecule has 3 aromatic rings. The van der Waals surface area contributed by atoms with E-state index in [2.05, 4.69) is 21.9 Å². The van der Waals surface area contributed by atoms with Gasteiger partial charge in [0.05, 0.1) is 11.3 Å². The molecule has 8 heteroatoms. The van der Waals surface area contributed by atoms with E-state index < -0.39 is 10.0 Å². The molecule has 0 aliphatic carbocycles. The third kappa shape index (κ3) is 4.35. The maximum atomic E-state index is 13.1. The number of nitrogens with zero attached hydrogens (tertiary/aromatic N) is 1. The summed E-state index contributed by atoms with van der Waals surface area (Å²) < 4.78 is 28.4. The van der Waals surface area contributed by atoms with Gasteiger partial charge in [0.25, 0.3) is 15.9 Å². The predicted molar refractivity (Wildman–Crippen MR) is 122 cm³/mol. The van der Waals surface area contributed by atoms with Crippen molar-refractivity contribution in [1.29, 1.82) is 0 Å². The highest BCUT2D eigenvalue weighted by molar-refractivity contribution is 7.94. The minimum Gasteiger partial charge on any atom is -0.350 e. The van der Waals surface area contributed by atoms with Gasteiger partial charge < -0.3 is 5.32 Å². The predicted octanol–water partition coefficient (Wildman–Crippen LogP) is 3.92. The highest BCUT2D eigenvalue weighted by atomic mass is 32.2. The fraction of sp³-hybridized carbons (Fsp3) is 0.318. The van der Waals surface area contributed by atoms with Gasteiger partial charge in [0.1, 0.15) is 4.21 Å². The van der Waals surface area contributed by atoms with Gasteiger partial charge >= 0.3 is 0 Å². The van der Waals surface area contributed by atoms with Gasteiger partial charge in [0.2, 0.25) is 0 Å². The van der Waals surface area contributed by atoms with Gasteiger partial charge in [-0.25, -0.2) is 8.42 Å². The van der Waals surface area contributed by atoms with Crippen LogP contribution in [0.3, 0.4) is 0 Å². The largest absolute Gasteiger partial charge is 0.350 e. The Kier molecular flexibility index (Phi) is 6.08. The number of rotatable bonds is 7. The monoisotopic (exact) mass is 443 g/mol. The summed E-state index contributed by atoms with van der Waals surface area (Å²) in [6.45, 7) is 4.69. The summed E-state index contributed by atoms with van der Waals surface area (Å²) in [5, 5.41) is 6.48. The Morgan fingerprint density at radius 3 is 2.63 bits per heavy atom. The fourth-order valence-corrected chi connectivity index (χ4v) is 6.04. The lowest BCUT2D eigenvalue weighted by molar-refractivity contribution is 0.0942. The van der Waals surface area contributed by atoms with E-state index in [0.717, 1.165) is 48.0 Å². The van der Waals surface area contributed by atoms with Crippen LogP contribution in [-0.4, -0.2) is 44.9 Å². The standard InChI is InChI=1S/C22H25N3O3S2/c1-2-25-11-5-9-18(25)15-23-22(26)19-13-16-7-3-4-8-17(16)14-20(19)24-30(27,28)21-10-6-12-29-21/h3-4,6-8,10,12-14,18,24H,2,5,9,11,15H2,1H3,(H,23,26). The number of carbonyl (C=O) groups excluding carboxylic acids is 1. The molecule has 4 rings (SSSR count). The minimum atomic E-state index is -3.76. The number of anilines is 1. The van der Waals surface area contributed by atoms with E-state index >= 15 is 0 Å². The molecule has 1 aromatic heterocycles. The Labute approximate surface area is 181 Å². The van der Waals surface area contributed by atoms with Crippen molar-refractivity contribution < 1.29 is 13.2 Å². The maximum Gasteiger partial charge on any atom is 0.271 e. The number of sulfonamides is 1. The van der Waals surface area contributed by atoms with Gasteiger partial charge in [-0.05, 0) is 60.3 Å². The highest BCUT2D eigenvalue weighted by Crippen LogP contribution is 2.28. The zero-order chi connectivity index (χ0) is 21.1. The van der Waals surface area contributed by atoms with Crippen molar-refractivity contribution in [3.05, 3.63) is 59.5 Å². The number of amides is 1. The number of thiophene rings is 1. The molecule has 30 heavy (non-hydrogen) atoms. The number of benzene rings is 2. The van der Waals surface area contributed by atoms with Crippen LogP contribution >= 0.6 is 11.3 Å². The first kappa shape index (κ1) is 20.8. The molecule has 6 nitrogen and oxygen atoms in total. The molecule has 2 heterocycles. The van der Waals surface area contributed by atoms with E-state index in [9.17, 15) is 13.2 Å². The molecule has 1 aliphatic heterocycles. The first-order chi connectivity index (χ1) is 14.5. The van der Waals surface area contributed by atoms with E-state index in [1.807, 2.05) is 24.3 Å². The normalized spacial score (nSPS) is 17.3. The van der Waals surface area contributed by atoms with Crippen molar-refractivity contribution in [2.24, 2.45) is 0 Å². The van der Waals surface area contributed by atoms with Gasteiger partial charge in [-0.15, -0.1) is 11.3 Å². The fourth-order valence-electron chi connectivity index (χ4n) is 3.97. The van der Waals surface area contributed by atoms with E-state index in [0.29, 0.717) is 23.8 Å². The number of nitrogens with one attached hydrogen (secondary N) is 2. The first-order valence-electron chi connectivity index (χ1n) is 10.1. The molecule has 1 atom stereocenters. The zero-order valence-corrected chi connectivity index (χ0v) is 18.4. The number of likely N-dealkylation sites (tertiary alicyclic amines) is 1. The third-order valence-electron chi connectivity index (χ3n) is 5.54. The van der Waals surface area contributed by atoms with E-state index in [4.69, 9.17) is 0 Å². The van der Waals surface area contributed by atoms with E-state index in [1.165, 1.54) is 0 Å². The van der Waals surface area contributed by atoms with Gasteiger partial charge in [0.15, 0.2) is 0 Å². The van der Waals surface area contributed by atoms with Crippen LogP contribution in [0, 0.1) is 0 Å². The number of hydrogen-bond donors (Lipinski definition) is 2. The van der Waals surface area contributed by atoms with Gasteiger partial charge in [-0.1, -0.05) is 37.3 Å². The summed E-state index contributed by atoms with van der Waals surface area (Å²) >= 11 is 1.14. The SMILES string of the molecule is CCN1CCCC1CNC(=O)c1cc2ccccc2cc1NS(=O)(=O)c1cccs1. The van der Waals surface area contributed by atoms with E-state index in [1.54, 1.807) is 29.6 Å². The molecule has 2 N–H and O–H groups in total. The lowest BCUT2D eigenvalue weighted by Gasteiger charge is -2.23. The lowest BCUT2D eigenvalue weighted by Crippen LogP contribution is -2.40. The van der Waals surface area contributed by atoms with Gasteiger partial charge in [0, 0.05) is 12.6 Å². The summed E-state index contributed by atoms with van der Waals surface area (Å²) in [6, 6.07) is 14.6. The molecule has 0 spiro atoms. The number of fused-ring (bicyclic) bond motifs is 1. The van der Waals surface area contributed by atoms with Crippen LogP contribution in [0.25, 0.3) is 10.8 Å². The van der Waals surface area contributed by atoms with Crippen LogP contribution in [0.2, 0.25) is 0 Å². The Hall–Kier alpha value is -2.42. The van der Waals surface area contributed by atoms with Crippen molar-refractivity contribution >= 4 is 43.7 Å². The molecule has 1 aliphatic rings. The summed E-state index contributed by atoms with van der Waals surface area (Å²) in [7, 11) is -3.76. The van der Waals surface area contributed by atoms with Crippen LogP contribution < -0.4 is 10.0 Å². The smallest absolute Gasteiger partial charge is 0.271 e. The second-order valence-corrected chi connectivity index (χ2v) is 10.3. The van der Waals surface area contributed by atoms with Crippen LogP contribution in [0.5, 0.6) is 0 Å². The molecule has 1 unspecified atom stereocenters. The molecule has 1 amide bonds. The van der Waals surface area contributed by atoms with Crippen molar-refractivity contribution in [2.45, 2.75) is 30.0 Å². The second kappa shape index (κ2) is 8.75. The molecular formula is C22H25N3O3S2. The van der Waals surface area contributed by atoms with E-state index in [-0.39, 0.29) is 10.1 Å². The molecule has 1 saturated heterocycles. The summed E-state index contributed by atoms with van der Waals surface area (Å²) in [5.41, 5.74) is 0.619. The quantitative estimate of drug-likeness (QED) is 0.580. The minimum absolute atomic E-state index is 0.214. The van der Waals surface area contributed by atoms with Crippen LogP contribution in [0.1, 0.15) is 30.1 Å². The summed E-state index contributed by atoms with van der Waals surface area (Å²) in [4.78, 5) is 15.4. The highest BCUT2D eigenvalue weighted by Gasteiger charge is 2.25. The summed E-state index contributed by atoms with van der Waals surface area (Å²) in [5.74, 6) is -0.271. The second-order valence-electron chi connectivity index (χ2n) is 7.42. The van der Waals surface area contributed by atoms with Crippen molar-refractivity contribution in [3.8, 4) is 0 Å².